The zero-order valence-corrected chi connectivity index (χ0v) is 8.17. The first kappa shape index (κ1) is 9.37. The fraction of sp³-hybridized carbons (Fsp3) is 0.0909. The fourth-order valence-corrected chi connectivity index (χ4v) is 1.31. The Balaban J connectivity index is 0.000000720. The molecule has 0 saturated heterocycles. The van der Waals surface area contributed by atoms with Crippen LogP contribution in [0.25, 0.3) is 5.57 Å². The minimum atomic E-state index is 0. The van der Waals surface area contributed by atoms with E-state index in [1.54, 1.807) is 0 Å². The maximum absolute atomic E-state index is 2.18. The van der Waals surface area contributed by atoms with Gasteiger partial charge in [0.25, 0.3) is 0 Å². The molecule has 0 amide bonds. The minimum absolute atomic E-state index is 0. The maximum atomic E-state index is 2.18. The Morgan fingerprint density at radius 3 is 2.33 bits per heavy atom. The molecule has 59 valence electrons. The molecule has 1 aromatic carbocycles. The quantitative estimate of drug-likeness (QED) is 0.643. The van der Waals surface area contributed by atoms with Crippen LogP contribution in [0.15, 0.2) is 48.6 Å². The van der Waals surface area contributed by atoms with Crippen LogP contribution in [0.4, 0.5) is 0 Å². The van der Waals surface area contributed by atoms with Crippen molar-refractivity contribution in [3.05, 3.63) is 54.1 Å². The summed E-state index contributed by atoms with van der Waals surface area (Å²) in [6, 6.07) is 10.5. The molecule has 0 bridgehead atoms. The number of benzene rings is 1. The van der Waals surface area contributed by atoms with Gasteiger partial charge in [0.1, 0.15) is 0 Å². The summed E-state index contributed by atoms with van der Waals surface area (Å²) in [5.41, 5.74) is 2.77. The van der Waals surface area contributed by atoms with E-state index in [2.05, 4.69) is 42.5 Å². The SMILES string of the molecule is C1=CCC(c2ccccc2)=C1.[V]. The molecule has 12 heavy (non-hydrogen) atoms. The Kier molecular flexibility index (Phi) is 3.39. The van der Waals surface area contributed by atoms with E-state index in [1.165, 1.54) is 11.1 Å². The summed E-state index contributed by atoms with van der Waals surface area (Å²) in [7, 11) is 0. The van der Waals surface area contributed by atoms with Gasteiger partial charge in [0.05, 0.1) is 0 Å². The predicted molar refractivity (Wildman–Crippen MR) is 48.2 cm³/mol. The number of hydrogen-bond donors (Lipinski definition) is 0. The first-order valence-corrected chi connectivity index (χ1v) is 3.88. The Labute approximate surface area is 84.9 Å². The van der Waals surface area contributed by atoms with Crippen LogP contribution in [0.5, 0.6) is 0 Å². The van der Waals surface area contributed by atoms with E-state index in [4.69, 9.17) is 0 Å². The van der Waals surface area contributed by atoms with Crippen molar-refractivity contribution in [2.75, 3.05) is 0 Å². The van der Waals surface area contributed by atoms with E-state index in [-0.39, 0.29) is 18.6 Å². The smallest absolute Gasteiger partial charge is 0 e. The van der Waals surface area contributed by atoms with Gasteiger partial charge >= 0.3 is 0 Å². The molecule has 0 nitrogen and oxygen atoms in total. The zero-order chi connectivity index (χ0) is 7.52. The summed E-state index contributed by atoms with van der Waals surface area (Å²) in [6.45, 7) is 0. The zero-order valence-electron chi connectivity index (χ0n) is 6.77. The summed E-state index contributed by atoms with van der Waals surface area (Å²) < 4.78 is 0. The third kappa shape index (κ3) is 1.91. The molecule has 1 aliphatic rings. The Morgan fingerprint density at radius 2 is 1.75 bits per heavy atom. The van der Waals surface area contributed by atoms with Crippen molar-refractivity contribution < 1.29 is 18.6 Å². The molecule has 0 aliphatic heterocycles. The van der Waals surface area contributed by atoms with Gasteiger partial charge in [-0.25, -0.2) is 0 Å². The van der Waals surface area contributed by atoms with Gasteiger partial charge in [-0.1, -0.05) is 48.6 Å². The van der Waals surface area contributed by atoms with Crippen molar-refractivity contribution in [2.24, 2.45) is 0 Å². The van der Waals surface area contributed by atoms with Gasteiger partial charge in [-0.3, -0.25) is 0 Å². The molecule has 0 unspecified atom stereocenters. The molecule has 0 fully saturated rings. The van der Waals surface area contributed by atoms with Crippen LogP contribution in [-0.2, 0) is 18.6 Å². The van der Waals surface area contributed by atoms with Crippen molar-refractivity contribution in [3.63, 3.8) is 0 Å². The Bertz CT molecular complexity index is 296. The van der Waals surface area contributed by atoms with Gasteiger partial charge in [0, 0.05) is 18.6 Å². The molecule has 0 N–H and O–H groups in total. The van der Waals surface area contributed by atoms with Crippen molar-refractivity contribution in [3.8, 4) is 0 Å². The second-order valence-electron chi connectivity index (χ2n) is 2.69. The second-order valence-corrected chi connectivity index (χ2v) is 2.69. The largest absolute Gasteiger partial charge is 0.0801 e. The van der Waals surface area contributed by atoms with E-state index in [0.29, 0.717) is 0 Å². The Morgan fingerprint density at radius 1 is 1.00 bits per heavy atom. The van der Waals surface area contributed by atoms with Crippen LogP contribution < -0.4 is 0 Å². The summed E-state index contributed by atoms with van der Waals surface area (Å²) in [4.78, 5) is 0. The normalized spacial score (nSPS) is 13.8. The molecule has 0 heterocycles. The summed E-state index contributed by atoms with van der Waals surface area (Å²) in [6.07, 6.45) is 7.56. The van der Waals surface area contributed by atoms with Gasteiger partial charge in [-0.05, 0) is 17.6 Å². The third-order valence-corrected chi connectivity index (χ3v) is 1.92. The van der Waals surface area contributed by atoms with Gasteiger partial charge in [0.15, 0.2) is 0 Å². The van der Waals surface area contributed by atoms with Gasteiger partial charge in [-0.15, -0.1) is 0 Å². The average Bonchev–Trinajstić information content (AvgIpc) is 2.58. The minimum Gasteiger partial charge on any atom is -0.0801 e. The van der Waals surface area contributed by atoms with Crippen LogP contribution in [0.1, 0.15) is 12.0 Å². The molecular formula is C11H10V. The first-order chi connectivity index (χ1) is 5.47. The van der Waals surface area contributed by atoms with Gasteiger partial charge < -0.3 is 0 Å². The fourth-order valence-electron chi connectivity index (χ4n) is 1.31. The van der Waals surface area contributed by atoms with E-state index in [9.17, 15) is 0 Å². The molecular weight excluding hydrogens is 183 g/mol. The molecule has 1 radical (unpaired) electrons. The van der Waals surface area contributed by atoms with Crippen LogP contribution in [-0.4, -0.2) is 0 Å². The number of rotatable bonds is 1. The van der Waals surface area contributed by atoms with Crippen molar-refractivity contribution >= 4 is 5.57 Å². The first-order valence-electron chi connectivity index (χ1n) is 3.88. The maximum Gasteiger partial charge on any atom is 0 e. The van der Waals surface area contributed by atoms with E-state index in [0.717, 1.165) is 6.42 Å². The van der Waals surface area contributed by atoms with Crippen molar-refractivity contribution in [1.29, 1.82) is 0 Å². The summed E-state index contributed by atoms with van der Waals surface area (Å²) in [5, 5.41) is 0. The van der Waals surface area contributed by atoms with Crippen LogP contribution in [0.2, 0.25) is 0 Å². The molecule has 1 aliphatic carbocycles. The van der Waals surface area contributed by atoms with E-state index < -0.39 is 0 Å². The summed E-state index contributed by atoms with van der Waals surface area (Å²) in [5.74, 6) is 0. The number of allylic oxidation sites excluding steroid dienone is 4. The number of hydrogen-bond acceptors (Lipinski definition) is 0. The molecule has 1 heteroatoms. The predicted octanol–water partition coefficient (Wildman–Crippen LogP) is 3.03. The molecule has 0 aromatic heterocycles. The standard InChI is InChI=1S/C11H10.V/c1-2-6-10(7-3-1)11-8-4-5-9-11;/h1-8H,9H2;. The second kappa shape index (κ2) is 4.34. The molecule has 1 aromatic rings. The third-order valence-electron chi connectivity index (χ3n) is 1.92. The van der Waals surface area contributed by atoms with Crippen LogP contribution in [0.3, 0.4) is 0 Å². The van der Waals surface area contributed by atoms with Crippen LogP contribution in [0, 0.1) is 0 Å². The monoisotopic (exact) mass is 193 g/mol. The summed E-state index contributed by atoms with van der Waals surface area (Å²) >= 11 is 0. The van der Waals surface area contributed by atoms with Crippen LogP contribution >= 0.6 is 0 Å². The van der Waals surface area contributed by atoms with Crippen molar-refractivity contribution in [1.82, 2.24) is 0 Å². The Hall–Kier alpha value is -0.716. The van der Waals surface area contributed by atoms with Gasteiger partial charge in [-0.2, -0.15) is 0 Å². The molecule has 0 saturated carbocycles. The van der Waals surface area contributed by atoms with Crippen molar-refractivity contribution in [2.45, 2.75) is 6.42 Å². The van der Waals surface area contributed by atoms with Gasteiger partial charge in [0.2, 0.25) is 0 Å². The van der Waals surface area contributed by atoms with E-state index in [1.807, 2.05) is 6.07 Å². The molecule has 0 spiro atoms. The molecule has 0 atom stereocenters. The van der Waals surface area contributed by atoms with E-state index >= 15 is 0 Å². The average molecular weight is 193 g/mol. The molecule has 2 rings (SSSR count). The topological polar surface area (TPSA) is 0 Å².